The molecule has 1 unspecified atom stereocenters. The van der Waals surface area contributed by atoms with Gasteiger partial charge < -0.3 is 9.84 Å². The fourth-order valence-corrected chi connectivity index (χ4v) is 1.55. The quantitative estimate of drug-likeness (QED) is 0.803. The standard InChI is InChI=1S/C14H20O3/c1-9-6-7-11(8-12(9)10(2)15)13(16)17-14(3,4)5/h6-8,10,15H,1-5H3. The second-order valence-electron chi connectivity index (χ2n) is 5.25. The lowest BCUT2D eigenvalue weighted by molar-refractivity contribution is 0.00693. The molecule has 1 aromatic carbocycles. The zero-order valence-electron chi connectivity index (χ0n) is 11.1. The molecule has 0 bridgehead atoms. The highest BCUT2D eigenvalue weighted by Crippen LogP contribution is 2.20. The average Bonchev–Trinajstić information content (AvgIpc) is 2.14. The Bertz CT molecular complexity index is 414. The van der Waals surface area contributed by atoms with Gasteiger partial charge in [0.2, 0.25) is 0 Å². The summed E-state index contributed by atoms with van der Waals surface area (Å²) < 4.78 is 5.28. The van der Waals surface area contributed by atoms with Crippen molar-refractivity contribution in [1.82, 2.24) is 0 Å². The van der Waals surface area contributed by atoms with Crippen LogP contribution in [-0.2, 0) is 4.74 Å². The predicted octanol–water partition coefficient (Wildman–Crippen LogP) is 3.00. The van der Waals surface area contributed by atoms with E-state index in [2.05, 4.69) is 0 Å². The zero-order valence-corrected chi connectivity index (χ0v) is 11.1. The van der Waals surface area contributed by atoms with Crippen LogP contribution in [0, 0.1) is 6.92 Å². The van der Waals surface area contributed by atoms with Gasteiger partial charge in [-0.2, -0.15) is 0 Å². The van der Waals surface area contributed by atoms with E-state index in [1.54, 1.807) is 19.1 Å². The number of hydrogen-bond acceptors (Lipinski definition) is 3. The number of carbonyl (C=O) groups is 1. The molecule has 0 amide bonds. The minimum Gasteiger partial charge on any atom is -0.456 e. The van der Waals surface area contributed by atoms with Crippen molar-refractivity contribution < 1.29 is 14.6 Å². The third kappa shape index (κ3) is 3.86. The highest BCUT2D eigenvalue weighted by molar-refractivity contribution is 5.90. The molecule has 0 saturated heterocycles. The lowest BCUT2D eigenvalue weighted by Crippen LogP contribution is -2.24. The van der Waals surface area contributed by atoms with Crippen LogP contribution in [-0.4, -0.2) is 16.7 Å². The van der Waals surface area contributed by atoms with Crippen molar-refractivity contribution in [3.63, 3.8) is 0 Å². The van der Waals surface area contributed by atoms with Crippen molar-refractivity contribution in [1.29, 1.82) is 0 Å². The molecular weight excluding hydrogens is 216 g/mol. The molecule has 3 nitrogen and oxygen atoms in total. The van der Waals surface area contributed by atoms with Crippen LogP contribution in [0.4, 0.5) is 0 Å². The Morgan fingerprint density at radius 3 is 2.41 bits per heavy atom. The van der Waals surface area contributed by atoms with E-state index < -0.39 is 11.7 Å². The van der Waals surface area contributed by atoms with Crippen LogP contribution in [0.5, 0.6) is 0 Å². The fourth-order valence-electron chi connectivity index (χ4n) is 1.55. The minimum atomic E-state index is -0.586. The summed E-state index contributed by atoms with van der Waals surface area (Å²) in [5.74, 6) is -0.362. The molecule has 0 aliphatic rings. The topological polar surface area (TPSA) is 46.5 Å². The number of benzene rings is 1. The molecule has 3 heteroatoms. The Morgan fingerprint density at radius 1 is 1.35 bits per heavy atom. The van der Waals surface area contributed by atoms with E-state index >= 15 is 0 Å². The van der Waals surface area contributed by atoms with Gasteiger partial charge in [0.1, 0.15) is 5.60 Å². The van der Waals surface area contributed by atoms with Crippen molar-refractivity contribution in [2.45, 2.75) is 46.3 Å². The number of esters is 1. The van der Waals surface area contributed by atoms with Crippen LogP contribution >= 0.6 is 0 Å². The van der Waals surface area contributed by atoms with Gasteiger partial charge in [0.25, 0.3) is 0 Å². The molecule has 1 N–H and O–H groups in total. The molecule has 1 aromatic rings. The molecule has 0 saturated carbocycles. The summed E-state index contributed by atoms with van der Waals surface area (Å²) in [4.78, 5) is 11.8. The van der Waals surface area contributed by atoms with Crippen LogP contribution in [0.25, 0.3) is 0 Å². The van der Waals surface area contributed by atoms with Crippen molar-refractivity contribution >= 4 is 5.97 Å². The maximum atomic E-state index is 11.8. The Hall–Kier alpha value is -1.35. The van der Waals surface area contributed by atoms with Gasteiger partial charge in [0.15, 0.2) is 0 Å². The van der Waals surface area contributed by atoms with Gasteiger partial charge in [-0.15, -0.1) is 0 Å². The Labute approximate surface area is 102 Å². The van der Waals surface area contributed by atoms with Gasteiger partial charge in [-0.05, 0) is 57.9 Å². The van der Waals surface area contributed by atoms with E-state index in [9.17, 15) is 9.90 Å². The normalized spacial score (nSPS) is 13.3. The highest BCUT2D eigenvalue weighted by atomic mass is 16.6. The summed E-state index contributed by atoms with van der Waals surface area (Å²) in [5.41, 5.74) is 1.69. The largest absolute Gasteiger partial charge is 0.456 e. The molecule has 0 aromatic heterocycles. The van der Waals surface area contributed by atoms with Gasteiger partial charge in [0, 0.05) is 0 Å². The maximum absolute atomic E-state index is 11.8. The smallest absolute Gasteiger partial charge is 0.338 e. The molecule has 0 heterocycles. The predicted molar refractivity (Wildman–Crippen MR) is 67.0 cm³/mol. The molecule has 0 aliphatic heterocycles. The number of aryl methyl sites for hydroxylation is 1. The first-order valence-corrected chi connectivity index (χ1v) is 5.72. The number of aliphatic hydroxyl groups excluding tert-OH is 1. The summed E-state index contributed by atoms with van der Waals surface area (Å²) >= 11 is 0. The van der Waals surface area contributed by atoms with Crippen LogP contribution < -0.4 is 0 Å². The monoisotopic (exact) mass is 236 g/mol. The number of aliphatic hydroxyl groups is 1. The molecular formula is C14H20O3. The maximum Gasteiger partial charge on any atom is 0.338 e. The Balaban J connectivity index is 3.00. The van der Waals surface area contributed by atoms with Crippen LogP contribution in [0.15, 0.2) is 18.2 Å². The van der Waals surface area contributed by atoms with Gasteiger partial charge in [-0.1, -0.05) is 6.07 Å². The molecule has 94 valence electrons. The van der Waals surface area contributed by atoms with Crippen molar-refractivity contribution in [3.05, 3.63) is 34.9 Å². The molecule has 0 spiro atoms. The molecule has 0 fully saturated rings. The van der Waals surface area contributed by atoms with Crippen molar-refractivity contribution in [2.75, 3.05) is 0 Å². The first kappa shape index (κ1) is 13.7. The van der Waals surface area contributed by atoms with E-state index in [1.807, 2.05) is 33.8 Å². The Kier molecular flexibility index (Phi) is 3.94. The van der Waals surface area contributed by atoms with Crippen molar-refractivity contribution in [2.24, 2.45) is 0 Å². The van der Waals surface area contributed by atoms with Crippen LogP contribution in [0.3, 0.4) is 0 Å². The summed E-state index contributed by atoms with van der Waals surface area (Å²) in [6.07, 6.45) is -0.586. The number of hydrogen-bond donors (Lipinski definition) is 1. The van der Waals surface area contributed by atoms with E-state index in [0.29, 0.717) is 5.56 Å². The molecule has 0 aliphatic carbocycles. The first-order chi connectivity index (χ1) is 7.70. The number of ether oxygens (including phenoxy) is 1. The lowest BCUT2D eigenvalue weighted by atomic mass is 10.0. The van der Waals surface area contributed by atoms with Crippen molar-refractivity contribution in [3.8, 4) is 0 Å². The van der Waals surface area contributed by atoms with Gasteiger partial charge in [0.05, 0.1) is 11.7 Å². The summed E-state index contributed by atoms with van der Waals surface area (Å²) in [6.45, 7) is 9.07. The Morgan fingerprint density at radius 2 is 1.94 bits per heavy atom. The van der Waals surface area contributed by atoms with Gasteiger partial charge in [-0.25, -0.2) is 4.79 Å². The molecule has 17 heavy (non-hydrogen) atoms. The van der Waals surface area contributed by atoms with E-state index in [0.717, 1.165) is 11.1 Å². The summed E-state index contributed by atoms with van der Waals surface area (Å²) in [5, 5.41) is 9.59. The molecule has 1 rings (SSSR count). The minimum absolute atomic E-state index is 0.362. The van der Waals surface area contributed by atoms with E-state index in [4.69, 9.17) is 4.74 Å². The lowest BCUT2D eigenvalue weighted by Gasteiger charge is -2.20. The van der Waals surface area contributed by atoms with Gasteiger partial charge >= 0.3 is 5.97 Å². The third-order valence-electron chi connectivity index (χ3n) is 2.36. The zero-order chi connectivity index (χ0) is 13.2. The number of carbonyl (C=O) groups excluding carboxylic acids is 1. The SMILES string of the molecule is Cc1ccc(C(=O)OC(C)(C)C)cc1C(C)O. The summed E-state index contributed by atoms with van der Waals surface area (Å²) in [6, 6.07) is 5.23. The highest BCUT2D eigenvalue weighted by Gasteiger charge is 2.18. The van der Waals surface area contributed by atoms with Crippen LogP contribution in [0.2, 0.25) is 0 Å². The number of rotatable bonds is 2. The van der Waals surface area contributed by atoms with Crippen LogP contribution in [0.1, 0.15) is 55.3 Å². The summed E-state index contributed by atoms with van der Waals surface area (Å²) in [7, 11) is 0. The third-order valence-corrected chi connectivity index (χ3v) is 2.36. The van der Waals surface area contributed by atoms with Gasteiger partial charge in [-0.3, -0.25) is 0 Å². The second kappa shape index (κ2) is 4.88. The average molecular weight is 236 g/mol. The molecule has 1 atom stereocenters. The first-order valence-electron chi connectivity index (χ1n) is 5.72. The van der Waals surface area contributed by atoms with E-state index in [1.165, 1.54) is 0 Å². The second-order valence-corrected chi connectivity index (χ2v) is 5.25. The fraction of sp³-hybridized carbons (Fsp3) is 0.500. The van der Waals surface area contributed by atoms with E-state index in [-0.39, 0.29) is 5.97 Å². The molecule has 0 radical (unpaired) electrons.